The van der Waals surface area contributed by atoms with Gasteiger partial charge in [-0.2, -0.15) is 5.10 Å². The monoisotopic (exact) mass is 288 g/mol. The Hall–Kier alpha value is -1.88. The summed E-state index contributed by atoms with van der Waals surface area (Å²) in [5.41, 5.74) is 2.31. The lowest BCUT2D eigenvalue weighted by atomic mass is 10.1. The van der Waals surface area contributed by atoms with Gasteiger partial charge >= 0.3 is 0 Å². The molecular weight excluding hydrogens is 268 g/mol. The molecule has 2 rings (SSSR count). The zero-order valence-corrected chi connectivity index (χ0v) is 12.5. The zero-order chi connectivity index (χ0) is 14.2. The normalized spacial score (nSPS) is 10.2. The number of nitrogens with one attached hydrogen (secondary N) is 2. The number of hydrogen-bond donors (Lipinski definition) is 2. The minimum Gasteiger partial charge on any atom is -0.362 e. The van der Waals surface area contributed by atoms with E-state index in [0.29, 0.717) is 11.7 Å². The molecule has 20 heavy (non-hydrogen) atoms. The van der Waals surface area contributed by atoms with Crippen molar-refractivity contribution >= 4 is 17.3 Å². The topological polar surface area (TPSA) is 41.9 Å². The van der Waals surface area contributed by atoms with Crippen LogP contribution < -0.4 is 10.6 Å². The number of thiocarbonyl (C=S) groups is 1. The molecule has 0 aliphatic heterocycles. The van der Waals surface area contributed by atoms with Gasteiger partial charge in [0.15, 0.2) is 5.11 Å². The molecule has 106 valence electrons. The number of benzene rings is 1. The van der Waals surface area contributed by atoms with Crippen molar-refractivity contribution in [3.63, 3.8) is 0 Å². The molecule has 1 aromatic carbocycles. The number of nitrogens with zero attached hydrogens (tertiary/aromatic N) is 2. The average molecular weight is 288 g/mol. The molecule has 0 bridgehead atoms. The molecule has 1 aromatic heterocycles. The second-order valence-corrected chi connectivity index (χ2v) is 4.92. The number of hydrogen-bond acceptors (Lipinski definition) is 2. The summed E-state index contributed by atoms with van der Waals surface area (Å²) < 4.78 is 1.91. The van der Waals surface area contributed by atoms with Gasteiger partial charge in [-0.05, 0) is 37.2 Å². The van der Waals surface area contributed by atoms with E-state index in [9.17, 15) is 0 Å². The predicted molar refractivity (Wildman–Crippen MR) is 85.5 cm³/mol. The van der Waals surface area contributed by atoms with Crippen molar-refractivity contribution in [2.24, 2.45) is 0 Å². The van der Waals surface area contributed by atoms with Gasteiger partial charge < -0.3 is 10.6 Å². The molecule has 2 aromatic rings. The molecule has 0 amide bonds. The number of aryl methyl sites for hydroxylation is 1. The lowest BCUT2D eigenvalue weighted by molar-refractivity contribution is 0.642. The Morgan fingerprint density at radius 3 is 2.70 bits per heavy atom. The van der Waals surface area contributed by atoms with Crippen molar-refractivity contribution < 1.29 is 0 Å². The van der Waals surface area contributed by atoms with E-state index in [1.54, 1.807) is 0 Å². The molecule has 4 nitrogen and oxygen atoms in total. The number of aromatic nitrogens is 2. The van der Waals surface area contributed by atoms with Crippen molar-refractivity contribution in [1.29, 1.82) is 0 Å². The maximum atomic E-state index is 5.25. The third kappa shape index (κ3) is 4.66. The minimum atomic E-state index is 0.657. The van der Waals surface area contributed by atoms with Gasteiger partial charge in [-0.3, -0.25) is 4.68 Å². The number of rotatable bonds is 6. The highest BCUT2D eigenvalue weighted by Crippen LogP contribution is 1.98. The van der Waals surface area contributed by atoms with Crippen molar-refractivity contribution in [2.75, 3.05) is 6.54 Å². The first-order valence-corrected chi connectivity index (χ1v) is 7.26. The van der Waals surface area contributed by atoms with E-state index >= 15 is 0 Å². The maximum absolute atomic E-state index is 5.25. The van der Waals surface area contributed by atoms with E-state index in [0.717, 1.165) is 25.2 Å². The first kappa shape index (κ1) is 14.5. The summed E-state index contributed by atoms with van der Waals surface area (Å²) in [5, 5.41) is 11.4. The molecule has 0 saturated carbocycles. The summed E-state index contributed by atoms with van der Waals surface area (Å²) in [6.07, 6.45) is 2.94. The Labute approximate surface area is 125 Å². The van der Waals surface area contributed by atoms with Crippen LogP contribution in [0.5, 0.6) is 0 Å². The summed E-state index contributed by atoms with van der Waals surface area (Å²) in [6.45, 7) is 4.45. The molecule has 1 heterocycles. The first-order valence-electron chi connectivity index (χ1n) is 6.86. The van der Waals surface area contributed by atoms with Gasteiger partial charge in [-0.25, -0.2) is 0 Å². The Balaban J connectivity index is 1.65. The average Bonchev–Trinajstić information content (AvgIpc) is 2.94. The summed E-state index contributed by atoms with van der Waals surface area (Å²) in [5.74, 6) is 0. The van der Waals surface area contributed by atoms with Crippen molar-refractivity contribution in [3.8, 4) is 0 Å². The van der Waals surface area contributed by atoms with Crippen LogP contribution in [0, 0.1) is 0 Å². The Bertz CT molecular complexity index is 536. The molecule has 0 spiro atoms. The first-order chi connectivity index (χ1) is 9.78. The minimum absolute atomic E-state index is 0.657. The fourth-order valence-corrected chi connectivity index (χ4v) is 2.05. The van der Waals surface area contributed by atoms with Crippen LogP contribution in [0.2, 0.25) is 0 Å². The van der Waals surface area contributed by atoms with Crippen molar-refractivity contribution in [2.45, 2.75) is 26.4 Å². The van der Waals surface area contributed by atoms with Crippen LogP contribution in [0.15, 0.2) is 42.6 Å². The van der Waals surface area contributed by atoms with Crippen molar-refractivity contribution in [3.05, 3.63) is 53.9 Å². The van der Waals surface area contributed by atoms with Crippen LogP contribution in [-0.4, -0.2) is 21.4 Å². The highest BCUT2D eigenvalue weighted by atomic mass is 32.1. The van der Waals surface area contributed by atoms with E-state index in [2.05, 4.69) is 46.9 Å². The lowest BCUT2D eigenvalue weighted by Gasteiger charge is -2.09. The van der Waals surface area contributed by atoms with Gasteiger partial charge in [-0.15, -0.1) is 0 Å². The van der Waals surface area contributed by atoms with Crippen molar-refractivity contribution in [1.82, 2.24) is 20.4 Å². The van der Waals surface area contributed by atoms with Gasteiger partial charge in [0, 0.05) is 19.3 Å². The fraction of sp³-hybridized carbons (Fsp3) is 0.333. The second kappa shape index (κ2) is 7.65. The molecule has 0 unspecified atom stereocenters. The molecule has 0 saturated heterocycles. The van der Waals surface area contributed by atoms with Gasteiger partial charge in [0.05, 0.1) is 12.2 Å². The molecule has 5 heteroatoms. The van der Waals surface area contributed by atoms with Gasteiger partial charge in [0.25, 0.3) is 0 Å². The summed E-state index contributed by atoms with van der Waals surface area (Å²) in [6, 6.07) is 12.4. The molecule has 0 fully saturated rings. The van der Waals surface area contributed by atoms with E-state index in [-0.39, 0.29) is 0 Å². The molecule has 2 N–H and O–H groups in total. The van der Waals surface area contributed by atoms with Crippen LogP contribution in [0.1, 0.15) is 18.2 Å². The smallest absolute Gasteiger partial charge is 0.166 e. The van der Waals surface area contributed by atoms with Crippen LogP contribution in [0.4, 0.5) is 0 Å². The Kier molecular flexibility index (Phi) is 5.55. The highest BCUT2D eigenvalue weighted by Gasteiger charge is 2.00. The van der Waals surface area contributed by atoms with Crippen LogP contribution >= 0.6 is 12.2 Å². The molecule has 0 radical (unpaired) electrons. The summed E-state index contributed by atoms with van der Waals surface area (Å²) in [4.78, 5) is 0. The summed E-state index contributed by atoms with van der Waals surface area (Å²) in [7, 11) is 0. The third-order valence-electron chi connectivity index (χ3n) is 2.99. The SMILES string of the molecule is CCn1ccc(CNC(=S)NCCc2ccccc2)n1. The molecule has 0 aliphatic carbocycles. The summed E-state index contributed by atoms with van der Waals surface area (Å²) >= 11 is 5.25. The van der Waals surface area contributed by atoms with Gasteiger partial charge in [-0.1, -0.05) is 30.3 Å². The highest BCUT2D eigenvalue weighted by molar-refractivity contribution is 7.80. The lowest BCUT2D eigenvalue weighted by Crippen LogP contribution is -2.36. The quantitative estimate of drug-likeness (QED) is 0.799. The van der Waals surface area contributed by atoms with E-state index in [1.165, 1.54) is 5.56 Å². The van der Waals surface area contributed by atoms with Crippen LogP contribution in [0.3, 0.4) is 0 Å². The third-order valence-corrected chi connectivity index (χ3v) is 3.28. The predicted octanol–water partition coefficient (Wildman–Crippen LogP) is 2.11. The van der Waals surface area contributed by atoms with Crippen LogP contribution in [0.25, 0.3) is 0 Å². The largest absolute Gasteiger partial charge is 0.362 e. The second-order valence-electron chi connectivity index (χ2n) is 4.51. The molecule has 0 aliphatic rings. The molecule has 0 atom stereocenters. The van der Waals surface area contributed by atoms with E-state index < -0.39 is 0 Å². The van der Waals surface area contributed by atoms with Gasteiger partial charge in [0.2, 0.25) is 0 Å². The van der Waals surface area contributed by atoms with E-state index in [4.69, 9.17) is 12.2 Å². The molecular formula is C15H20N4S. The Morgan fingerprint density at radius 1 is 1.20 bits per heavy atom. The fourth-order valence-electron chi connectivity index (χ4n) is 1.87. The Morgan fingerprint density at radius 2 is 2.00 bits per heavy atom. The maximum Gasteiger partial charge on any atom is 0.166 e. The standard InChI is InChI=1S/C15H20N4S/c1-2-19-11-9-14(18-19)12-17-15(20)16-10-8-13-6-4-3-5-7-13/h3-7,9,11H,2,8,10,12H2,1H3,(H2,16,17,20). The van der Waals surface area contributed by atoms with Crippen LogP contribution in [-0.2, 0) is 19.5 Å². The van der Waals surface area contributed by atoms with E-state index in [1.807, 2.05) is 23.0 Å². The zero-order valence-electron chi connectivity index (χ0n) is 11.7. The van der Waals surface area contributed by atoms with Gasteiger partial charge in [0.1, 0.15) is 0 Å².